The molecule has 1 aromatic carbocycles. The number of amides is 2. The minimum absolute atomic E-state index is 0.109. The number of carboxylic acids is 1. The van der Waals surface area contributed by atoms with Gasteiger partial charge in [0.2, 0.25) is 0 Å². The van der Waals surface area contributed by atoms with E-state index in [2.05, 4.69) is 10.6 Å². The lowest BCUT2D eigenvalue weighted by molar-refractivity contribution is 0.0692. The Kier molecular flexibility index (Phi) is 5.42. The minimum Gasteiger partial charge on any atom is -0.478 e. The SMILES string of the molecule is CCCC(C)NC(=O)Nc1cc(C(=O)O)c(F)cc1F. The molecule has 1 rings (SSSR count). The molecule has 7 heteroatoms. The van der Waals surface area contributed by atoms with Gasteiger partial charge < -0.3 is 15.7 Å². The molecule has 0 aliphatic carbocycles. The van der Waals surface area contributed by atoms with Crippen molar-refractivity contribution in [3.8, 4) is 0 Å². The van der Waals surface area contributed by atoms with E-state index in [0.29, 0.717) is 6.07 Å². The van der Waals surface area contributed by atoms with Crippen LogP contribution in [0.5, 0.6) is 0 Å². The van der Waals surface area contributed by atoms with E-state index in [1.165, 1.54) is 0 Å². The highest BCUT2D eigenvalue weighted by Gasteiger charge is 2.17. The van der Waals surface area contributed by atoms with Gasteiger partial charge >= 0.3 is 12.0 Å². The molecule has 2 amide bonds. The maximum absolute atomic E-state index is 13.5. The average molecular weight is 286 g/mol. The van der Waals surface area contributed by atoms with Crippen molar-refractivity contribution < 1.29 is 23.5 Å². The van der Waals surface area contributed by atoms with E-state index in [4.69, 9.17) is 5.11 Å². The average Bonchev–Trinajstić information content (AvgIpc) is 2.32. The Morgan fingerprint density at radius 1 is 1.30 bits per heavy atom. The fourth-order valence-corrected chi connectivity index (χ4v) is 1.70. The van der Waals surface area contributed by atoms with Crippen molar-refractivity contribution >= 4 is 17.7 Å². The molecule has 1 aromatic rings. The third-order valence-electron chi connectivity index (χ3n) is 2.63. The number of carbonyl (C=O) groups is 2. The van der Waals surface area contributed by atoms with Crippen LogP contribution in [0.3, 0.4) is 0 Å². The highest BCUT2D eigenvalue weighted by molar-refractivity contribution is 5.93. The van der Waals surface area contributed by atoms with Gasteiger partial charge in [-0.05, 0) is 19.4 Å². The van der Waals surface area contributed by atoms with Crippen molar-refractivity contribution in [2.75, 3.05) is 5.32 Å². The summed E-state index contributed by atoms with van der Waals surface area (Å²) in [6, 6.07) is 0.390. The highest BCUT2D eigenvalue weighted by Crippen LogP contribution is 2.19. The summed E-state index contributed by atoms with van der Waals surface area (Å²) in [6.07, 6.45) is 1.62. The number of anilines is 1. The van der Waals surface area contributed by atoms with Crippen LogP contribution >= 0.6 is 0 Å². The van der Waals surface area contributed by atoms with Crippen LogP contribution in [0.1, 0.15) is 37.0 Å². The molecule has 1 atom stereocenters. The Morgan fingerprint density at radius 3 is 2.50 bits per heavy atom. The van der Waals surface area contributed by atoms with Gasteiger partial charge in [0.25, 0.3) is 0 Å². The van der Waals surface area contributed by atoms with Crippen LogP contribution in [-0.2, 0) is 0 Å². The Balaban J connectivity index is 2.84. The molecule has 20 heavy (non-hydrogen) atoms. The predicted molar refractivity (Wildman–Crippen MR) is 69.8 cm³/mol. The number of halogens is 2. The van der Waals surface area contributed by atoms with Crippen LogP contribution in [0, 0.1) is 11.6 Å². The first-order chi connectivity index (χ1) is 9.35. The summed E-state index contributed by atoms with van der Waals surface area (Å²) in [7, 11) is 0. The Labute approximate surface area is 115 Å². The Hall–Kier alpha value is -2.18. The molecule has 0 aliphatic heterocycles. The highest BCUT2D eigenvalue weighted by atomic mass is 19.1. The summed E-state index contributed by atoms with van der Waals surface area (Å²) >= 11 is 0. The first kappa shape index (κ1) is 15.9. The zero-order chi connectivity index (χ0) is 15.3. The number of carbonyl (C=O) groups excluding carboxylic acids is 1. The summed E-state index contributed by atoms with van der Waals surface area (Å²) < 4.78 is 26.6. The third kappa shape index (κ3) is 4.18. The second kappa shape index (κ2) is 6.83. The molecule has 0 heterocycles. The van der Waals surface area contributed by atoms with Crippen molar-refractivity contribution in [1.29, 1.82) is 0 Å². The van der Waals surface area contributed by atoms with Gasteiger partial charge in [-0.2, -0.15) is 0 Å². The van der Waals surface area contributed by atoms with E-state index in [1.54, 1.807) is 6.92 Å². The molecule has 0 saturated heterocycles. The van der Waals surface area contributed by atoms with Gasteiger partial charge in [0.05, 0.1) is 11.3 Å². The van der Waals surface area contributed by atoms with Gasteiger partial charge in [0.1, 0.15) is 11.6 Å². The number of carboxylic acid groups (broad SMARTS) is 1. The molecule has 0 fully saturated rings. The van der Waals surface area contributed by atoms with Gasteiger partial charge in [0, 0.05) is 12.1 Å². The van der Waals surface area contributed by atoms with E-state index < -0.39 is 29.2 Å². The van der Waals surface area contributed by atoms with Crippen LogP contribution in [0.25, 0.3) is 0 Å². The maximum Gasteiger partial charge on any atom is 0.338 e. The van der Waals surface area contributed by atoms with E-state index in [9.17, 15) is 18.4 Å². The quantitative estimate of drug-likeness (QED) is 0.778. The summed E-state index contributed by atoms with van der Waals surface area (Å²) in [5, 5.41) is 13.5. The number of rotatable bonds is 5. The molecule has 0 aliphatic rings. The fourth-order valence-electron chi connectivity index (χ4n) is 1.70. The van der Waals surface area contributed by atoms with Gasteiger partial charge in [0.15, 0.2) is 0 Å². The summed E-state index contributed by atoms with van der Waals surface area (Å²) in [5.41, 5.74) is -1.09. The van der Waals surface area contributed by atoms with Gasteiger partial charge in [-0.1, -0.05) is 13.3 Å². The van der Waals surface area contributed by atoms with Crippen molar-refractivity contribution in [2.24, 2.45) is 0 Å². The van der Waals surface area contributed by atoms with Crippen LogP contribution in [0.15, 0.2) is 12.1 Å². The van der Waals surface area contributed by atoms with Gasteiger partial charge in [-0.25, -0.2) is 18.4 Å². The fraction of sp³-hybridized carbons (Fsp3) is 0.385. The molecule has 0 saturated carbocycles. The number of hydrogen-bond acceptors (Lipinski definition) is 2. The molecule has 110 valence electrons. The lowest BCUT2D eigenvalue weighted by atomic mass is 10.2. The normalized spacial score (nSPS) is 11.8. The number of benzene rings is 1. The summed E-state index contributed by atoms with van der Waals surface area (Å²) in [6.45, 7) is 3.74. The van der Waals surface area contributed by atoms with Crippen molar-refractivity contribution in [1.82, 2.24) is 5.32 Å². The van der Waals surface area contributed by atoms with Gasteiger partial charge in [-0.15, -0.1) is 0 Å². The first-order valence-corrected chi connectivity index (χ1v) is 6.15. The van der Waals surface area contributed by atoms with Crippen LogP contribution in [0.4, 0.5) is 19.3 Å². The second-order valence-corrected chi connectivity index (χ2v) is 4.41. The summed E-state index contributed by atoms with van der Waals surface area (Å²) in [5.74, 6) is -3.77. The van der Waals surface area contributed by atoms with Crippen LogP contribution in [-0.4, -0.2) is 23.1 Å². The molecule has 0 aromatic heterocycles. The molecule has 1 unspecified atom stereocenters. The van der Waals surface area contributed by atoms with Crippen LogP contribution < -0.4 is 10.6 Å². The summed E-state index contributed by atoms with van der Waals surface area (Å²) in [4.78, 5) is 22.3. The van der Waals surface area contributed by atoms with E-state index in [1.807, 2.05) is 6.92 Å². The monoisotopic (exact) mass is 286 g/mol. The molecule has 0 radical (unpaired) electrons. The topological polar surface area (TPSA) is 78.4 Å². The Morgan fingerprint density at radius 2 is 1.95 bits per heavy atom. The lowest BCUT2D eigenvalue weighted by Crippen LogP contribution is -2.36. The predicted octanol–water partition coefficient (Wildman–Crippen LogP) is 2.97. The minimum atomic E-state index is -1.54. The molecular formula is C13H16F2N2O3. The number of urea groups is 1. The lowest BCUT2D eigenvalue weighted by Gasteiger charge is -2.14. The Bertz CT molecular complexity index is 521. The van der Waals surface area contributed by atoms with Crippen LogP contribution in [0.2, 0.25) is 0 Å². The molecule has 0 spiro atoms. The van der Waals surface area contributed by atoms with E-state index >= 15 is 0 Å². The van der Waals surface area contributed by atoms with E-state index in [-0.39, 0.29) is 11.7 Å². The zero-order valence-electron chi connectivity index (χ0n) is 11.2. The largest absolute Gasteiger partial charge is 0.478 e. The molecule has 5 nitrogen and oxygen atoms in total. The number of hydrogen-bond donors (Lipinski definition) is 3. The van der Waals surface area contributed by atoms with Crippen molar-refractivity contribution in [2.45, 2.75) is 32.7 Å². The molecule has 3 N–H and O–H groups in total. The van der Waals surface area contributed by atoms with Crippen molar-refractivity contribution in [3.63, 3.8) is 0 Å². The van der Waals surface area contributed by atoms with Crippen molar-refractivity contribution in [3.05, 3.63) is 29.3 Å². The third-order valence-corrected chi connectivity index (χ3v) is 2.63. The van der Waals surface area contributed by atoms with Gasteiger partial charge in [-0.3, -0.25) is 0 Å². The maximum atomic E-state index is 13.5. The molecule has 0 bridgehead atoms. The van der Waals surface area contributed by atoms with E-state index in [0.717, 1.165) is 18.9 Å². The number of nitrogens with one attached hydrogen (secondary N) is 2. The standard InChI is InChI=1S/C13H16F2N2O3/c1-3-4-7(2)16-13(20)17-11-5-8(12(18)19)9(14)6-10(11)15/h5-7H,3-4H2,1-2H3,(H,18,19)(H2,16,17,20). The second-order valence-electron chi connectivity index (χ2n) is 4.41. The zero-order valence-corrected chi connectivity index (χ0v) is 11.2. The number of aromatic carboxylic acids is 1. The first-order valence-electron chi connectivity index (χ1n) is 6.15. The molecular weight excluding hydrogens is 270 g/mol. The smallest absolute Gasteiger partial charge is 0.338 e.